The standard InChI is InChI=1S/C22H23N3O3S/c26-21(20-7-2-14-28-20)24-10-12-25(13-11-24)22(27)23-18-5-1-4-17(16-18)8-9-19-6-3-15-29-19/h1,3-6,15-16,20H,2,7,10-14H2,(H,23,27)/t20-/m0/s1. The second-order valence-electron chi connectivity index (χ2n) is 7.05. The van der Waals surface area contributed by atoms with E-state index < -0.39 is 0 Å². The predicted octanol–water partition coefficient (Wildman–Crippen LogP) is 3.00. The molecule has 29 heavy (non-hydrogen) atoms. The Hall–Kier alpha value is -2.82. The summed E-state index contributed by atoms with van der Waals surface area (Å²) in [5.41, 5.74) is 1.56. The van der Waals surface area contributed by atoms with Crippen LogP contribution in [0.2, 0.25) is 0 Å². The van der Waals surface area contributed by atoms with Gasteiger partial charge in [-0.25, -0.2) is 4.79 Å². The van der Waals surface area contributed by atoms with Crippen molar-refractivity contribution in [2.24, 2.45) is 0 Å². The summed E-state index contributed by atoms with van der Waals surface area (Å²) in [5, 5.41) is 4.93. The molecule has 2 aliphatic heterocycles. The molecule has 6 nitrogen and oxygen atoms in total. The van der Waals surface area contributed by atoms with E-state index in [1.54, 1.807) is 21.1 Å². The Morgan fingerprint density at radius 1 is 1.07 bits per heavy atom. The third-order valence-corrected chi connectivity index (χ3v) is 5.83. The molecule has 7 heteroatoms. The molecule has 1 atom stereocenters. The first kappa shape index (κ1) is 19.5. The molecule has 3 amide bonds. The molecule has 0 saturated carbocycles. The maximum absolute atomic E-state index is 12.6. The smallest absolute Gasteiger partial charge is 0.321 e. The van der Waals surface area contributed by atoms with Gasteiger partial charge in [-0.2, -0.15) is 0 Å². The summed E-state index contributed by atoms with van der Waals surface area (Å²) >= 11 is 1.60. The lowest BCUT2D eigenvalue weighted by atomic mass is 10.2. The summed E-state index contributed by atoms with van der Waals surface area (Å²) < 4.78 is 5.48. The van der Waals surface area contributed by atoms with Gasteiger partial charge in [0.05, 0.1) is 4.88 Å². The minimum Gasteiger partial charge on any atom is -0.368 e. The summed E-state index contributed by atoms with van der Waals surface area (Å²) in [6, 6.07) is 11.3. The van der Waals surface area contributed by atoms with Crippen molar-refractivity contribution >= 4 is 29.0 Å². The monoisotopic (exact) mass is 409 g/mol. The molecule has 150 valence electrons. The first-order chi connectivity index (χ1) is 14.2. The SMILES string of the molecule is O=C(Nc1cccc(C#Cc2cccs2)c1)N1CCN(C(=O)[C@@H]2CCCO2)CC1. The highest BCUT2D eigenvalue weighted by Crippen LogP contribution is 2.17. The van der Waals surface area contributed by atoms with Crippen LogP contribution in [0.15, 0.2) is 41.8 Å². The number of benzene rings is 1. The summed E-state index contributed by atoms with van der Waals surface area (Å²) in [4.78, 5) is 29.6. The van der Waals surface area contributed by atoms with Gasteiger partial charge >= 0.3 is 6.03 Å². The van der Waals surface area contributed by atoms with E-state index in [0.717, 1.165) is 23.3 Å². The van der Waals surface area contributed by atoms with Crippen molar-refractivity contribution in [1.29, 1.82) is 0 Å². The lowest BCUT2D eigenvalue weighted by Gasteiger charge is -2.35. The van der Waals surface area contributed by atoms with Crippen LogP contribution in [0.4, 0.5) is 10.5 Å². The predicted molar refractivity (Wildman–Crippen MR) is 113 cm³/mol. The molecule has 0 aliphatic carbocycles. The Kier molecular flexibility index (Phi) is 6.13. The lowest BCUT2D eigenvalue weighted by molar-refractivity contribution is -0.142. The van der Waals surface area contributed by atoms with E-state index in [4.69, 9.17) is 4.74 Å². The van der Waals surface area contributed by atoms with Gasteiger partial charge in [0.2, 0.25) is 0 Å². The Morgan fingerprint density at radius 3 is 2.62 bits per heavy atom. The van der Waals surface area contributed by atoms with Gasteiger partial charge in [-0.1, -0.05) is 24.0 Å². The Balaban J connectivity index is 1.31. The van der Waals surface area contributed by atoms with Crippen LogP contribution in [0.3, 0.4) is 0 Å². The molecular weight excluding hydrogens is 386 g/mol. The Bertz CT molecular complexity index is 918. The molecule has 2 saturated heterocycles. The largest absolute Gasteiger partial charge is 0.368 e. The average Bonchev–Trinajstić information content (AvgIpc) is 3.46. The molecule has 1 aromatic carbocycles. The van der Waals surface area contributed by atoms with Crippen LogP contribution >= 0.6 is 11.3 Å². The number of carbonyl (C=O) groups is 2. The molecule has 0 unspecified atom stereocenters. The highest BCUT2D eigenvalue weighted by atomic mass is 32.1. The number of hydrogen-bond acceptors (Lipinski definition) is 4. The molecule has 0 bridgehead atoms. The van der Waals surface area contributed by atoms with Crippen LogP contribution in [-0.4, -0.2) is 60.6 Å². The van der Waals surface area contributed by atoms with Gasteiger partial charge < -0.3 is 19.9 Å². The number of nitrogens with one attached hydrogen (secondary N) is 1. The van der Waals surface area contributed by atoms with Crippen molar-refractivity contribution in [3.63, 3.8) is 0 Å². The van der Waals surface area contributed by atoms with E-state index in [9.17, 15) is 9.59 Å². The first-order valence-corrected chi connectivity index (χ1v) is 10.7. The average molecular weight is 410 g/mol. The van der Waals surface area contributed by atoms with Gasteiger partial charge in [-0.3, -0.25) is 4.79 Å². The van der Waals surface area contributed by atoms with Gasteiger partial charge in [0, 0.05) is 44.0 Å². The number of rotatable bonds is 2. The van der Waals surface area contributed by atoms with Crippen molar-refractivity contribution in [2.75, 3.05) is 38.1 Å². The zero-order chi connectivity index (χ0) is 20.1. The highest BCUT2D eigenvalue weighted by molar-refractivity contribution is 7.10. The summed E-state index contributed by atoms with van der Waals surface area (Å²) in [6.07, 6.45) is 1.44. The van der Waals surface area contributed by atoms with Crippen molar-refractivity contribution in [3.05, 3.63) is 52.2 Å². The van der Waals surface area contributed by atoms with Crippen LogP contribution in [0.1, 0.15) is 23.3 Å². The van der Waals surface area contributed by atoms with Crippen LogP contribution < -0.4 is 5.32 Å². The van der Waals surface area contributed by atoms with E-state index in [2.05, 4.69) is 17.2 Å². The van der Waals surface area contributed by atoms with Gasteiger partial charge in [0.1, 0.15) is 6.10 Å². The molecule has 2 aliphatic rings. The van der Waals surface area contributed by atoms with E-state index >= 15 is 0 Å². The molecule has 3 heterocycles. The third-order valence-electron chi connectivity index (χ3n) is 5.05. The minimum atomic E-state index is -0.298. The van der Waals surface area contributed by atoms with Crippen molar-refractivity contribution in [2.45, 2.75) is 18.9 Å². The summed E-state index contributed by atoms with van der Waals surface area (Å²) in [7, 11) is 0. The quantitative estimate of drug-likeness (QED) is 0.776. The summed E-state index contributed by atoms with van der Waals surface area (Å²) in [5.74, 6) is 6.30. The Morgan fingerprint density at radius 2 is 1.90 bits per heavy atom. The second-order valence-corrected chi connectivity index (χ2v) is 8.00. The number of ether oxygens (including phenoxy) is 1. The van der Waals surface area contributed by atoms with Crippen LogP contribution in [0, 0.1) is 11.8 Å². The fraction of sp³-hybridized carbons (Fsp3) is 0.364. The number of piperazine rings is 1. The second kappa shape index (κ2) is 9.12. The fourth-order valence-electron chi connectivity index (χ4n) is 3.47. The molecule has 2 aromatic rings. The van der Waals surface area contributed by atoms with Gasteiger partial charge in [-0.05, 0) is 42.5 Å². The summed E-state index contributed by atoms with van der Waals surface area (Å²) in [6.45, 7) is 2.77. The first-order valence-electron chi connectivity index (χ1n) is 9.81. The van der Waals surface area contributed by atoms with Gasteiger partial charge in [0.15, 0.2) is 0 Å². The molecule has 1 N–H and O–H groups in total. The topological polar surface area (TPSA) is 61.9 Å². The minimum absolute atomic E-state index is 0.0552. The number of hydrogen-bond donors (Lipinski definition) is 1. The lowest BCUT2D eigenvalue weighted by Crippen LogP contribution is -2.53. The fourth-order valence-corrected chi connectivity index (χ4v) is 4.04. The molecule has 0 radical (unpaired) electrons. The van der Waals surface area contributed by atoms with Crippen LogP contribution in [0.5, 0.6) is 0 Å². The van der Waals surface area contributed by atoms with E-state index in [-0.39, 0.29) is 18.0 Å². The Labute approximate surface area is 174 Å². The van der Waals surface area contributed by atoms with Crippen LogP contribution in [-0.2, 0) is 9.53 Å². The van der Waals surface area contributed by atoms with E-state index in [1.807, 2.05) is 41.8 Å². The number of carbonyl (C=O) groups excluding carboxylic acids is 2. The zero-order valence-electron chi connectivity index (χ0n) is 16.1. The van der Waals surface area contributed by atoms with Gasteiger partial charge in [-0.15, -0.1) is 11.3 Å². The number of anilines is 1. The highest BCUT2D eigenvalue weighted by Gasteiger charge is 2.31. The van der Waals surface area contributed by atoms with Crippen molar-refractivity contribution < 1.29 is 14.3 Å². The molecule has 2 fully saturated rings. The molecule has 1 aromatic heterocycles. The number of thiophene rings is 1. The molecule has 0 spiro atoms. The normalized spacial score (nSPS) is 18.8. The third kappa shape index (κ3) is 4.97. The zero-order valence-corrected chi connectivity index (χ0v) is 16.9. The van der Waals surface area contributed by atoms with Crippen molar-refractivity contribution in [1.82, 2.24) is 9.80 Å². The van der Waals surface area contributed by atoms with E-state index in [1.165, 1.54) is 0 Å². The van der Waals surface area contributed by atoms with Crippen molar-refractivity contribution in [3.8, 4) is 11.8 Å². The number of urea groups is 1. The number of nitrogens with zero attached hydrogens (tertiary/aromatic N) is 2. The maximum Gasteiger partial charge on any atom is 0.321 e. The van der Waals surface area contributed by atoms with Gasteiger partial charge in [0.25, 0.3) is 5.91 Å². The van der Waals surface area contributed by atoms with Crippen LogP contribution in [0.25, 0.3) is 0 Å². The molecular formula is C22H23N3O3S. The number of amides is 3. The molecule has 4 rings (SSSR count). The van der Waals surface area contributed by atoms with E-state index in [0.29, 0.717) is 38.5 Å². The maximum atomic E-state index is 12.6.